The Balaban J connectivity index is 2.72. The Morgan fingerprint density at radius 3 is 2.42 bits per heavy atom. The Bertz CT molecular complexity index is 252. The number of hydrogen-bond acceptors (Lipinski definition) is 2. The average molecular weight is 280 g/mol. The van der Waals surface area contributed by atoms with Crippen molar-refractivity contribution in [3.8, 4) is 0 Å². The first-order valence-corrected chi connectivity index (χ1v) is 7.29. The average Bonchev–Trinajstić information content (AvgIpc) is 2.27. The van der Waals surface area contributed by atoms with Crippen molar-refractivity contribution in [3.63, 3.8) is 0 Å². The third kappa shape index (κ3) is 5.69. The summed E-state index contributed by atoms with van der Waals surface area (Å²) in [6.07, 6.45) is 0.0212. The van der Waals surface area contributed by atoms with Crippen molar-refractivity contribution in [1.29, 1.82) is 0 Å². The van der Waals surface area contributed by atoms with Gasteiger partial charge in [0.2, 0.25) is 0 Å². The van der Waals surface area contributed by atoms with E-state index in [9.17, 15) is 13.2 Å². The molecule has 5 heteroatoms. The van der Waals surface area contributed by atoms with E-state index in [1.165, 1.54) is 0 Å². The minimum absolute atomic E-state index is 0.0164. The molecule has 1 N–H and O–H groups in total. The summed E-state index contributed by atoms with van der Waals surface area (Å²) in [5, 5.41) is 3.36. The van der Waals surface area contributed by atoms with Crippen LogP contribution in [0.15, 0.2) is 0 Å². The van der Waals surface area contributed by atoms with Crippen molar-refractivity contribution >= 4 is 0 Å². The van der Waals surface area contributed by atoms with E-state index in [1.807, 2.05) is 13.8 Å². The van der Waals surface area contributed by atoms with Gasteiger partial charge in [0.05, 0.1) is 6.54 Å². The molecule has 0 amide bonds. The Hall–Kier alpha value is -0.290. The predicted octanol–water partition coefficient (Wildman–Crippen LogP) is 3.43. The molecule has 1 saturated heterocycles. The molecular formula is C14H27F3N2. The molecule has 0 aliphatic carbocycles. The number of rotatable bonds is 6. The number of nitrogens with zero attached hydrogens (tertiary/aromatic N) is 1. The van der Waals surface area contributed by atoms with Crippen molar-refractivity contribution < 1.29 is 13.2 Å². The number of hydrogen-bond donors (Lipinski definition) is 1. The number of alkyl halides is 3. The van der Waals surface area contributed by atoms with Crippen molar-refractivity contribution in [2.45, 2.75) is 58.7 Å². The molecule has 0 aromatic heterocycles. The van der Waals surface area contributed by atoms with Crippen molar-refractivity contribution in [2.24, 2.45) is 5.41 Å². The summed E-state index contributed by atoms with van der Waals surface area (Å²) in [5.74, 6) is 0. The van der Waals surface area contributed by atoms with Gasteiger partial charge >= 0.3 is 6.18 Å². The SMILES string of the molecule is CCCC1(CN(CC(F)(F)F)C(C)C)CCCNC1. The minimum atomic E-state index is -4.11. The molecule has 19 heavy (non-hydrogen) atoms. The Morgan fingerprint density at radius 2 is 2.00 bits per heavy atom. The van der Waals surface area contributed by atoms with Crippen molar-refractivity contribution in [3.05, 3.63) is 0 Å². The lowest BCUT2D eigenvalue weighted by atomic mass is 9.76. The van der Waals surface area contributed by atoms with Crippen LogP contribution in [0.3, 0.4) is 0 Å². The molecule has 1 atom stereocenters. The summed E-state index contributed by atoms with van der Waals surface area (Å²) >= 11 is 0. The van der Waals surface area contributed by atoms with E-state index >= 15 is 0 Å². The van der Waals surface area contributed by atoms with E-state index in [0.29, 0.717) is 6.54 Å². The predicted molar refractivity (Wildman–Crippen MR) is 72.2 cm³/mol. The molecule has 0 radical (unpaired) electrons. The van der Waals surface area contributed by atoms with Crippen LogP contribution in [-0.2, 0) is 0 Å². The Kier molecular flexibility index (Phi) is 6.12. The largest absolute Gasteiger partial charge is 0.401 e. The smallest absolute Gasteiger partial charge is 0.316 e. The minimum Gasteiger partial charge on any atom is -0.316 e. The lowest BCUT2D eigenvalue weighted by Gasteiger charge is -2.43. The maximum absolute atomic E-state index is 12.7. The molecule has 0 spiro atoms. The molecule has 1 rings (SSSR count). The van der Waals surface area contributed by atoms with E-state index in [4.69, 9.17) is 0 Å². The lowest BCUT2D eigenvalue weighted by Crippen LogP contribution is -2.51. The molecule has 0 bridgehead atoms. The third-order valence-electron chi connectivity index (χ3n) is 3.99. The van der Waals surface area contributed by atoms with Crippen LogP contribution in [0, 0.1) is 5.41 Å². The highest BCUT2D eigenvalue weighted by Crippen LogP contribution is 2.34. The maximum Gasteiger partial charge on any atom is 0.401 e. The summed E-state index contributed by atoms with van der Waals surface area (Å²) < 4.78 is 38.0. The highest BCUT2D eigenvalue weighted by Gasteiger charge is 2.38. The molecule has 1 unspecified atom stereocenters. The van der Waals surface area contributed by atoms with Crippen LogP contribution in [0.5, 0.6) is 0 Å². The molecular weight excluding hydrogens is 253 g/mol. The zero-order valence-corrected chi connectivity index (χ0v) is 12.3. The second-order valence-electron chi connectivity index (χ2n) is 6.14. The van der Waals surface area contributed by atoms with Gasteiger partial charge in [0, 0.05) is 19.1 Å². The molecule has 1 aliphatic rings. The lowest BCUT2D eigenvalue weighted by molar-refractivity contribution is -0.153. The molecule has 1 heterocycles. The van der Waals surface area contributed by atoms with Crippen LogP contribution in [0.1, 0.15) is 46.5 Å². The van der Waals surface area contributed by atoms with Gasteiger partial charge in [-0.2, -0.15) is 13.2 Å². The normalized spacial score (nSPS) is 25.3. The third-order valence-corrected chi connectivity index (χ3v) is 3.99. The highest BCUT2D eigenvalue weighted by molar-refractivity contribution is 4.89. The fourth-order valence-electron chi connectivity index (χ4n) is 3.07. The van der Waals surface area contributed by atoms with E-state index in [0.717, 1.165) is 38.8 Å². The molecule has 114 valence electrons. The highest BCUT2D eigenvalue weighted by atomic mass is 19.4. The summed E-state index contributed by atoms with van der Waals surface area (Å²) in [5.41, 5.74) is 0.0164. The van der Waals surface area contributed by atoms with E-state index in [2.05, 4.69) is 12.2 Å². The van der Waals surface area contributed by atoms with Crippen LogP contribution >= 0.6 is 0 Å². The monoisotopic (exact) mass is 280 g/mol. The van der Waals surface area contributed by atoms with Crippen molar-refractivity contribution in [2.75, 3.05) is 26.2 Å². The summed E-state index contributed by atoms with van der Waals surface area (Å²) in [6, 6.07) is -0.0720. The number of nitrogens with one attached hydrogen (secondary N) is 1. The molecule has 2 nitrogen and oxygen atoms in total. The number of halogens is 3. The number of piperidine rings is 1. The first kappa shape index (κ1) is 16.8. The van der Waals surface area contributed by atoms with E-state index < -0.39 is 12.7 Å². The second kappa shape index (κ2) is 6.93. The van der Waals surface area contributed by atoms with Gasteiger partial charge in [-0.1, -0.05) is 13.3 Å². The quantitative estimate of drug-likeness (QED) is 0.802. The van der Waals surface area contributed by atoms with Crippen LogP contribution in [-0.4, -0.2) is 43.3 Å². The molecule has 0 aromatic carbocycles. The summed E-state index contributed by atoms with van der Waals surface area (Å²) in [6.45, 7) is 7.40. The topological polar surface area (TPSA) is 15.3 Å². The maximum atomic E-state index is 12.7. The van der Waals surface area contributed by atoms with Crippen LogP contribution in [0.2, 0.25) is 0 Å². The van der Waals surface area contributed by atoms with Crippen molar-refractivity contribution in [1.82, 2.24) is 10.2 Å². The van der Waals surface area contributed by atoms with E-state index in [-0.39, 0.29) is 11.5 Å². The van der Waals surface area contributed by atoms with Gasteiger partial charge in [0.25, 0.3) is 0 Å². The summed E-state index contributed by atoms with van der Waals surface area (Å²) in [7, 11) is 0. The van der Waals surface area contributed by atoms with Gasteiger partial charge in [-0.25, -0.2) is 0 Å². The Morgan fingerprint density at radius 1 is 1.32 bits per heavy atom. The van der Waals surface area contributed by atoms with Gasteiger partial charge in [-0.05, 0) is 45.1 Å². The van der Waals surface area contributed by atoms with Gasteiger partial charge in [0.1, 0.15) is 0 Å². The molecule has 1 aliphatic heterocycles. The van der Waals surface area contributed by atoms with Gasteiger partial charge in [0.15, 0.2) is 0 Å². The zero-order valence-electron chi connectivity index (χ0n) is 12.3. The standard InChI is InChI=1S/C14H27F3N2/c1-4-6-13(7-5-8-18-9-13)10-19(12(2)3)11-14(15,16)17/h12,18H,4-11H2,1-3H3. The van der Waals surface area contributed by atoms with Crippen LogP contribution < -0.4 is 5.32 Å². The summed E-state index contributed by atoms with van der Waals surface area (Å²) in [4.78, 5) is 1.59. The van der Waals surface area contributed by atoms with E-state index in [1.54, 1.807) is 4.90 Å². The fourth-order valence-corrected chi connectivity index (χ4v) is 3.07. The van der Waals surface area contributed by atoms with Gasteiger partial charge in [-0.3, -0.25) is 4.90 Å². The first-order chi connectivity index (χ1) is 8.78. The zero-order chi connectivity index (χ0) is 14.5. The molecule has 0 saturated carbocycles. The molecule has 0 aromatic rings. The Labute approximate surface area is 114 Å². The molecule has 1 fully saturated rings. The van der Waals surface area contributed by atoms with Gasteiger partial charge in [-0.15, -0.1) is 0 Å². The van der Waals surface area contributed by atoms with Gasteiger partial charge < -0.3 is 5.32 Å². The van der Waals surface area contributed by atoms with Crippen LogP contribution in [0.25, 0.3) is 0 Å². The second-order valence-corrected chi connectivity index (χ2v) is 6.14. The fraction of sp³-hybridized carbons (Fsp3) is 1.00. The van der Waals surface area contributed by atoms with Crippen LogP contribution in [0.4, 0.5) is 13.2 Å². The first-order valence-electron chi connectivity index (χ1n) is 7.29.